The number of halogens is 1. The zero-order valence-corrected chi connectivity index (χ0v) is 11.1. The maximum atomic E-state index is 11.6. The third-order valence-corrected chi connectivity index (χ3v) is 2.81. The maximum Gasteiger partial charge on any atom is 0.343 e. The van der Waals surface area contributed by atoms with Crippen molar-refractivity contribution in [2.24, 2.45) is 0 Å². The largest absolute Gasteiger partial charge is 0.465 e. The van der Waals surface area contributed by atoms with E-state index in [1.807, 2.05) is 0 Å². The number of hydrogen-bond acceptors (Lipinski definition) is 4. The van der Waals surface area contributed by atoms with Gasteiger partial charge in [-0.3, -0.25) is 0 Å². The SMILES string of the molecule is COC(=O)c1ccc(-c2cc(Br)coc2=O)cc1. The van der Waals surface area contributed by atoms with Gasteiger partial charge in [0.05, 0.1) is 22.7 Å². The Labute approximate surface area is 111 Å². The van der Waals surface area contributed by atoms with Crippen molar-refractivity contribution in [2.45, 2.75) is 0 Å². The molecule has 0 unspecified atom stereocenters. The van der Waals surface area contributed by atoms with Crippen LogP contribution in [0.1, 0.15) is 10.4 Å². The van der Waals surface area contributed by atoms with E-state index in [4.69, 9.17) is 4.42 Å². The van der Waals surface area contributed by atoms with Crippen molar-refractivity contribution < 1.29 is 13.9 Å². The molecule has 1 heterocycles. The van der Waals surface area contributed by atoms with Crippen molar-refractivity contribution in [1.29, 1.82) is 0 Å². The Morgan fingerprint density at radius 2 is 1.94 bits per heavy atom. The molecule has 0 amide bonds. The van der Waals surface area contributed by atoms with Crippen LogP contribution < -0.4 is 5.63 Å². The lowest BCUT2D eigenvalue weighted by molar-refractivity contribution is 0.0601. The molecule has 0 radical (unpaired) electrons. The van der Waals surface area contributed by atoms with Crippen LogP contribution in [0, 0.1) is 0 Å². The molecule has 4 nitrogen and oxygen atoms in total. The van der Waals surface area contributed by atoms with Crippen LogP contribution in [0.15, 0.2) is 50.3 Å². The van der Waals surface area contributed by atoms with Crippen LogP contribution in [-0.4, -0.2) is 13.1 Å². The fourth-order valence-electron chi connectivity index (χ4n) is 1.51. The third-order valence-electron chi connectivity index (χ3n) is 2.40. The fourth-order valence-corrected chi connectivity index (χ4v) is 1.83. The molecule has 2 rings (SSSR count). The first-order valence-electron chi connectivity index (χ1n) is 5.09. The second-order valence-corrected chi connectivity index (χ2v) is 4.45. The first-order chi connectivity index (χ1) is 8.61. The number of methoxy groups -OCH3 is 1. The normalized spacial score (nSPS) is 10.1. The molecule has 0 aliphatic heterocycles. The van der Waals surface area contributed by atoms with Crippen LogP contribution in [0.3, 0.4) is 0 Å². The molecular weight excluding hydrogens is 300 g/mol. The van der Waals surface area contributed by atoms with Gasteiger partial charge in [0.25, 0.3) is 0 Å². The summed E-state index contributed by atoms with van der Waals surface area (Å²) in [6.07, 6.45) is 1.33. The third kappa shape index (κ3) is 2.51. The fraction of sp³-hybridized carbons (Fsp3) is 0.0769. The molecule has 0 bridgehead atoms. The van der Waals surface area contributed by atoms with E-state index in [9.17, 15) is 9.59 Å². The minimum absolute atomic E-state index is 0.414. The van der Waals surface area contributed by atoms with Crippen LogP contribution in [0.4, 0.5) is 0 Å². The smallest absolute Gasteiger partial charge is 0.343 e. The Morgan fingerprint density at radius 1 is 1.28 bits per heavy atom. The van der Waals surface area contributed by atoms with Crippen LogP contribution in [0.2, 0.25) is 0 Å². The van der Waals surface area contributed by atoms with E-state index < -0.39 is 11.6 Å². The second kappa shape index (κ2) is 5.18. The summed E-state index contributed by atoms with van der Waals surface area (Å²) in [6, 6.07) is 8.21. The molecule has 5 heteroatoms. The molecule has 0 saturated carbocycles. The van der Waals surface area contributed by atoms with Crippen molar-refractivity contribution in [1.82, 2.24) is 0 Å². The van der Waals surface area contributed by atoms with Crippen molar-refractivity contribution in [3.63, 3.8) is 0 Å². The summed E-state index contributed by atoms with van der Waals surface area (Å²) in [5.41, 5.74) is 1.11. The van der Waals surface area contributed by atoms with Gasteiger partial charge in [-0.25, -0.2) is 9.59 Å². The Hall–Kier alpha value is -1.88. The van der Waals surface area contributed by atoms with Gasteiger partial charge in [0.15, 0.2) is 0 Å². The Bertz CT molecular complexity index is 628. The zero-order valence-electron chi connectivity index (χ0n) is 9.48. The van der Waals surface area contributed by atoms with Gasteiger partial charge in [0, 0.05) is 0 Å². The Kier molecular flexibility index (Phi) is 3.62. The van der Waals surface area contributed by atoms with Gasteiger partial charge >= 0.3 is 11.6 Å². The quantitative estimate of drug-likeness (QED) is 0.801. The summed E-state index contributed by atoms with van der Waals surface area (Å²) >= 11 is 3.24. The summed E-state index contributed by atoms with van der Waals surface area (Å²) in [4.78, 5) is 22.8. The van der Waals surface area contributed by atoms with E-state index in [0.717, 1.165) is 0 Å². The van der Waals surface area contributed by atoms with Crippen LogP contribution in [0.5, 0.6) is 0 Å². The standard InChI is InChI=1S/C13H9BrO4/c1-17-12(15)9-4-2-8(3-5-9)11-6-10(14)7-18-13(11)16/h2-7H,1H3. The van der Waals surface area contributed by atoms with E-state index in [1.54, 1.807) is 30.3 Å². The van der Waals surface area contributed by atoms with Crippen LogP contribution in [-0.2, 0) is 4.74 Å². The van der Waals surface area contributed by atoms with Gasteiger partial charge in [-0.2, -0.15) is 0 Å². The van der Waals surface area contributed by atoms with E-state index in [1.165, 1.54) is 13.4 Å². The highest BCUT2D eigenvalue weighted by molar-refractivity contribution is 9.10. The van der Waals surface area contributed by atoms with Gasteiger partial charge in [-0.05, 0) is 39.7 Å². The number of benzene rings is 1. The number of ether oxygens (including phenoxy) is 1. The van der Waals surface area contributed by atoms with E-state index in [0.29, 0.717) is 21.2 Å². The molecule has 0 N–H and O–H groups in total. The molecule has 0 atom stereocenters. The topological polar surface area (TPSA) is 56.5 Å². The summed E-state index contributed by atoms with van der Waals surface area (Å²) in [5, 5.41) is 0. The molecule has 18 heavy (non-hydrogen) atoms. The van der Waals surface area contributed by atoms with Crippen molar-refractivity contribution >= 4 is 21.9 Å². The predicted octanol–water partition coefficient (Wildman–Crippen LogP) is 2.86. The maximum absolute atomic E-state index is 11.6. The highest BCUT2D eigenvalue weighted by Crippen LogP contribution is 2.20. The molecule has 1 aromatic heterocycles. The average Bonchev–Trinajstić information content (AvgIpc) is 2.41. The molecule has 0 aliphatic carbocycles. The lowest BCUT2D eigenvalue weighted by Crippen LogP contribution is -2.03. The van der Waals surface area contributed by atoms with Crippen LogP contribution in [0.25, 0.3) is 11.1 Å². The number of hydrogen-bond donors (Lipinski definition) is 0. The summed E-state index contributed by atoms with van der Waals surface area (Å²) < 4.78 is 10.1. The lowest BCUT2D eigenvalue weighted by atomic mass is 10.1. The van der Waals surface area contributed by atoms with Gasteiger partial charge in [0.1, 0.15) is 6.26 Å². The first-order valence-corrected chi connectivity index (χ1v) is 5.88. The highest BCUT2D eigenvalue weighted by Gasteiger charge is 2.08. The highest BCUT2D eigenvalue weighted by atomic mass is 79.9. The number of carbonyl (C=O) groups excluding carboxylic acids is 1. The van der Waals surface area contributed by atoms with E-state index in [-0.39, 0.29) is 0 Å². The Balaban J connectivity index is 2.43. The molecule has 1 aromatic carbocycles. The summed E-state index contributed by atoms with van der Waals surface area (Å²) in [7, 11) is 1.32. The minimum atomic E-state index is -0.427. The van der Waals surface area contributed by atoms with Gasteiger partial charge < -0.3 is 9.15 Å². The van der Waals surface area contributed by atoms with Crippen molar-refractivity contribution in [2.75, 3.05) is 7.11 Å². The Morgan fingerprint density at radius 3 is 2.56 bits per heavy atom. The summed E-state index contributed by atoms with van der Waals surface area (Å²) in [5.74, 6) is -0.414. The predicted molar refractivity (Wildman–Crippen MR) is 69.5 cm³/mol. The van der Waals surface area contributed by atoms with Gasteiger partial charge in [0.2, 0.25) is 0 Å². The monoisotopic (exact) mass is 308 g/mol. The number of carbonyl (C=O) groups is 1. The van der Waals surface area contributed by atoms with Crippen LogP contribution >= 0.6 is 15.9 Å². The molecule has 2 aromatic rings. The molecule has 92 valence electrons. The number of esters is 1. The number of rotatable bonds is 2. The minimum Gasteiger partial charge on any atom is -0.465 e. The molecule has 0 fully saturated rings. The van der Waals surface area contributed by atoms with Gasteiger partial charge in [-0.15, -0.1) is 0 Å². The van der Waals surface area contributed by atoms with E-state index in [2.05, 4.69) is 20.7 Å². The van der Waals surface area contributed by atoms with Crippen molar-refractivity contribution in [3.05, 3.63) is 57.1 Å². The molecule has 0 saturated heterocycles. The summed E-state index contributed by atoms with van der Waals surface area (Å²) in [6.45, 7) is 0. The molecule has 0 spiro atoms. The second-order valence-electron chi connectivity index (χ2n) is 3.53. The van der Waals surface area contributed by atoms with Crippen molar-refractivity contribution in [3.8, 4) is 11.1 Å². The molecular formula is C13H9BrO4. The zero-order chi connectivity index (χ0) is 13.1. The first kappa shape index (κ1) is 12.6. The van der Waals surface area contributed by atoms with Gasteiger partial charge in [-0.1, -0.05) is 12.1 Å². The van der Waals surface area contributed by atoms with E-state index >= 15 is 0 Å². The lowest BCUT2D eigenvalue weighted by Gasteiger charge is -2.02. The molecule has 0 aliphatic rings. The average molecular weight is 309 g/mol.